The van der Waals surface area contributed by atoms with E-state index in [0.717, 1.165) is 4.31 Å². The molecule has 1 aliphatic heterocycles. The SMILES string of the molecule is O=C1CC(S)C(=O)N1S. The molecule has 1 atom stereocenters. The van der Waals surface area contributed by atoms with E-state index in [0.29, 0.717) is 0 Å². The van der Waals surface area contributed by atoms with Gasteiger partial charge in [0.1, 0.15) is 0 Å². The van der Waals surface area contributed by atoms with Crippen molar-refractivity contribution < 1.29 is 9.59 Å². The maximum atomic E-state index is 10.7. The molecule has 0 aliphatic carbocycles. The first-order valence-corrected chi connectivity index (χ1v) is 3.28. The van der Waals surface area contributed by atoms with Crippen LogP contribution in [0.2, 0.25) is 0 Å². The van der Waals surface area contributed by atoms with Gasteiger partial charge in [-0.05, 0) is 0 Å². The molecule has 5 heteroatoms. The molecule has 0 spiro atoms. The summed E-state index contributed by atoms with van der Waals surface area (Å²) in [5, 5.41) is -0.477. The highest BCUT2D eigenvalue weighted by Crippen LogP contribution is 2.18. The number of amides is 2. The smallest absolute Gasteiger partial charge is 0.252 e. The molecule has 1 rings (SSSR count). The van der Waals surface area contributed by atoms with Crippen molar-refractivity contribution in [3.8, 4) is 0 Å². The molecule has 0 aromatic heterocycles. The summed E-state index contributed by atoms with van der Waals surface area (Å²) in [6.45, 7) is 0. The van der Waals surface area contributed by atoms with E-state index in [1.807, 2.05) is 0 Å². The van der Waals surface area contributed by atoms with Crippen LogP contribution < -0.4 is 0 Å². The Morgan fingerprint density at radius 1 is 1.56 bits per heavy atom. The molecule has 1 fully saturated rings. The van der Waals surface area contributed by atoms with Crippen molar-refractivity contribution in [1.29, 1.82) is 0 Å². The lowest BCUT2D eigenvalue weighted by molar-refractivity contribution is -0.131. The largest absolute Gasteiger partial charge is 0.273 e. The van der Waals surface area contributed by atoms with Crippen LogP contribution in [0.1, 0.15) is 6.42 Å². The Morgan fingerprint density at radius 3 is 2.22 bits per heavy atom. The number of carbonyl (C=O) groups is 2. The number of imide groups is 1. The van der Waals surface area contributed by atoms with Gasteiger partial charge in [-0.3, -0.25) is 9.59 Å². The fourth-order valence-corrected chi connectivity index (χ4v) is 1.19. The van der Waals surface area contributed by atoms with Gasteiger partial charge in [0, 0.05) is 6.42 Å². The molecule has 9 heavy (non-hydrogen) atoms. The minimum Gasteiger partial charge on any atom is -0.273 e. The van der Waals surface area contributed by atoms with E-state index < -0.39 is 5.25 Å². The Labute approximate surface area is 63.4 Å². The van der Waals surface area contributed by atoms with Crippen molar-refractivity contribution in [2.75, 3.05) is 0 Å². The van der Waals surface area contributed by atoms with Gasteiger partial charge in [0.2, 0.25) is 5.91 Å². The third-order valence-electron chi connectivity index (χ3n) is 1.10. The van der Waals surface area contributed by atoms with Gasteiger partial charge in [0.25, 0.3) is 5.91 Å². The molecule has 0 bridgehead atoms. The van der Waals surface area contributed by atoms with Crippen molar-refractivity contribution >= 4 is 37.3 Å². The van der Waals surface area contributed by atoms with Crippen LogP contribution in [-0.4, -0.2) is 21.4 Å². The Bertz CT molecular complexity index is 170. The molecule has 0 aromatic rings. The molecule has 3 nitrogen and oxygen atoms in total. The second-order valence-electron chi connectivity index (χ2n) is 1.76. The van der Waals surface area contributed by atoms with E-state index in [4.69, 9.17) is 0 Å². The predicted octanol–water partition coefficient (Wildman–Crippen LogP) is -0.111. The van der Waals surface area contributed by atoms with Crippen LogP contribution >= 0.6 is 25.4 Å². The number of hydrogen-bond donors (Lipinski definition) is 2. The first-order chi connectivity index (χ1) is 4.13. The van der Waals surface area contributed by atoms with Crippen LogP contribution in [0.5, 0.6) is 0 Å². The minimum absolute atomic E-state index is 0.172. The first-order valence-electron chi connectivity index (χ1n) is 2.36. The zero-order chi connectivity index (χ0) is 7.02. The third kappa shape index (κ3) is 1.07. The fraction of sp³-hybridized carbons (Fsp3) is 0.500. The highest BCUT2D eigenvalue weighted by molar-refractivity contribution is 7.82. The average Bonchev–Trinajstić information content (AvgIpc) is 1.98. The fourth-order valence-electron chi connectivity index (χ4n) is 0.603. The maximum Gasteiger partial charge on any atom is 0.252 e. The molecule has 1 heterocycles. The molecule has 0 N–H and O–H groups in total. The zero-order valence-electron chi connectivity index (χ0n) is 4.44. The Hall–Kier alpha value is -0.160. The third-order valence-corrected chi connectivity index (χ3v) is 1.92. The van der Waals surface area contributed by atoms with Crippen LogP contribution in [0.15, 0.2) is 0 Å². The van der Waals surface area contributed by atoms with Gasteiger partial charge in [0.05, 0.1) is 5.25 Å². The number of nitrogens with zero attached hydrogens (tertiary/aromatic N) is 1. The molecule has 2 amide bonds. The number of hydrogen-bond acceptors (Lipinski definition) is 4. The van der Waals surface area contributed by atoms with Crippen LogP contribution in [-0.2, 0) is 9.59 Å². The molecule has 1 saturated heterocycles. The molecular formula is C4H5NO2S2. The van der Waals surface area contributed by atoms with E-state index in [-0.39, 0.29) is 18.2 Å². The summed E-state index contributed by atoms with van der Waals surface area (Å²) in [4.78, 5) is 21.2. The quantitative estimate of drug-likeness (QED) is 0.386. The summed E-state index contributed by atoms with van der Waals surface area (Å²) in [6, 6.07) is 0. The lowest BCUT2D eigenvalue weighted by Gasteiger charge is -2.00. The van der Waals surface area contributed by atoms with Crippen molar-refractivity contribution in [3.05, 3.63) is 0 Å². The van der Waals surface area contributed by atoms with Crippen molar-refractivity contribution in [2.45, 2.75) is 11.7 Å². The molecule has 0 aromatic carbocycles. The standard InChI is InChI=1S/C4H5NO2S2/c6-3-1-2(8)4(7)5(3)9/h2,8-9H,1H2. The molecule has 0 radical (unpaired) electrons. The van der Waals surface area contributed by atoms with Gasteiger partial charge in [-0.1, -0.05) is 12.8 Å². The van der Waals surface area contributed by atoms with Crippen LogP contribution in [0.3, 0.4) is 0 Å². The van der Waals surface area contributed by atoms with Crippen molar-refractivity contribution in [3.63, 3.8) is 0 Å². The Balaban J connectivity index is 2.77. The Kier molecular flexibility index (Phi) is 1.72. The van der Waals surface area contributed by atoms with Crippen LogP contribution in [0, 0.1) is 0 Å². The molecule has 1 unspecified atom stereocenters. The van der Waals surface area contributed by atoms with Gasteiger partial charge >= 0.3 is 0 Å². The average molecular weight is 163 g/mol. The second-order valence-corrected chi connectivity index (χ2v) is 2.79. The summed E-state index contributed by atoms with van der Waals surface area (Å²) in [5.74, 6) is -0.602. The van der Waals surface area contributed by atoms with Crippen LogP contribution in [0.4, 0.5) is 0 Å². The zero-order valence-corrected chi connectivity index (χ0v) is 6.23. The Morgan fingerprint density at radius 2 is 2.11 bits per heavy atom. The number of rotatable bonds is 0. The summed E-state index contributed by atoms with van der Waals surface area (Å²) in [7, 11) is 0. The van der Waals surface area contributed by atoms with E-state index in [2.05, 4.69) is 25.4 Å². The van der Waals surface area contributed by atoms with Gasteiger partial charge in [-0.25, -0.2) is 4.31 Å². The highest BCUT2D eigenvalue weighted by atomic mass is 32.1. The van der Waals surface area contributed by atoms with E-state index in [1.165, 1.54) is 0 Å². The molecule has 0 saturated carbocycles. The predicted molar refractivity (Wildman–Crippen MR) is 38.2 cm³/mol. The topological polar surface area (TPSA) is 37.4 Å². The highest BCUT2D eigenvalue weighted by Gasteiger charge is 2.34. The molecular weight excluding hydrogens is 158 g/mol. The summed E-state index contributed by atoms with van der Waals surface area (Å²) in [6.07, 6.45) is 0.172. The first kappa shape index (κ1) is 6.95. The van der Waals surface area contributed by atoms with Gasteiger partial charge in [0.15, 0.2) is 0 Å². The van der Waals surface area contributed by atoms with Crippen molar-refractivity contribution in [1.82, 2.24) is 4.31 Å². The molecule has 1 aliphatic rings. The van der Waals surface area contributed by atoms with Crippen LogP contribution in [0.25, 0.3) is 0 Å². The van der Waals surface area contributed by atoms with Gasteiger partial charge in [-0.2, -0.15) is 12.6 Å². The second kappa shape index (κ2) is 2.22. The summed E-state index contributed by atoms with van der Waals surface area (Å²) < 4.78 is 0.803. The summed E-state index contributed by atoms with van der Waals surface area (Å²) in [5.41, 5.74) is 0. The van der Waals surface area contributed by atoms with Crippen molar-refractivity contribution in [2.24, 2.45) is 0 Å². The lowest BCUT2D eigenvalue weighted by Crippen LogP contribution is -2.20. The number of thiol groups is 2. The summed E-state index contributed by atoms with van der Waals surface area (Å²) >= 11 is 7.47. The normalized spacial score (nSPS) is 27.8. The van der Waals surface area contributed by atoms with Gasteiger partial charge < -0.3 is 0 Å². The number of carbonyl (C=O) groups excluding carboxylic acids is 2. The maximum absolute atomic E-state index is 10.7. The van der Waals surface area contributed by atoms with Gasteiger partial charge in [-0.15, -0.1) is 0 Å². The van der Waals surface area contributed by atoms with E-state index in [1.54, 1.807) is 0 Å². The van der Waals surface area contributed by atoms with E-state index in [9.17, 15) is 9.59 Å². The minimum atomic E-state index is -0.477. The molecule has 50 valence electrons. The monoisotopic (exact) mass is 163 g/mol. The lowest BCUT2D eigenvalue weighted by atomic mass is 10.4. The van der Waals surface area contributed by atoms with E-state index >= 15 is 0 Å².